The van der Waals surface area contributed by atoms with Crippen molar-refractivity contribution in [3.63, 3.8) is 0 Å². The number of benzene rings is 2. The maximum absolute atomic E-state index is 13.1. The number of hydrogen-bond donors (Lipinski definition) is 0. The van der Waals surface area contributed by atoms with E-state index in [2.05, 4.69) is 15.9 Å². The van der Waals surface area contributed by atoms with E-state index in [4.69, 9.17) is 4.74 Å². The van der Waals surface area contributed by atoms with Crippen molar-refractivity contribution < 1.29 is 14.3 Å². The molecular weight excluding hydrogens is 406 g/mol. The number of carbonyl (C=O) groups is 2. The fourth-order valence-electron chi connectivity index (χ4n) is 4.04. The molecule has 0 spiro atoms. The highest BCUT2D eigenvalue weighted by Gasteiger charge is 2.34. The first-order valence-electron chi connectivity index (χ1n) is 9.44. The van der Waals surface area contributed by atoms with Crippen molar-refractivity contribution in [2.75, 3.05) is 19.7 Å². The molecule has 5 heteroatoms. The van der Waals surface area contributed by atoms with Crippen LogP contribution in [-0.4, -0.2) is 36.3 Å². The average Bonchev–Trinajstić information content (AvgIpc) is 2.73. The van der Waals surface area contributed by atoms with Crippen LogP contribution < -0.4 is 4.74 Å². The predicted molar refractivity (Wildman–Crippen MR) is 107 cm³/mol. The average molecular weight is 428 g/mol. The Balaban J connectivity index is 1.43. The van der Waals surface area contributed by atoms with Gasteiger partial charge in [-0.15, -0.1) is 0 Å². The van der Waals surface area contributed by atoms with E-state index < -0.39 is 0 Å². The SMILES string of the molecule is O=C(c1ccccc1)C1CCN(C(=O)C2CCOc3ccc(Br)cc32)CC1. The fraction of sp³-hybridized carbons (Fsp3) is 0.364. The normalized spacial score (nSPS) is 19.9. The van der Waals surface area contributed by atoms with E-state index in [1.807, 2.05) is 53.4 Å². The topological polar surface area (TPSA) is 46.6 Å². The van der Waals surface area contributed by atoms with E-state index in [1.54, 1.807) is 0 Å². The van der Waals surface area contributed by atoms with Gasteiger partial charge in [0.15, 0.2) is 5.78 Å². The third-order valence-electron chi connectivity index (χ3n) is 5.55. The number of carbonyl (C=O) groups excluding carboxylic acids is 2. The van der Waals surface area contributed by atoms with Gasteiger partial charge in [-0.05, 0) is 37.5 Å². The number of hydrogen-bond acceptors (Lipinski definition) is 3. The third kappa shape index (κ3) is 3.79. The summed E-state index contributed by atoms with van der Waals surface area (Å²) in [4.78, 5) is 27.7. The molecule has 0 radical (unpaired) electrons. The Morgan fingerprint density at radius 1 is 1.00 bits per heavy atom. The van der Waals surface area contributed by atoms with Gasteiger partial charge < -0.3 is 9.64 Å². The molecule has 140 valence electrons. The summed E-state index contributed by atoms with van der Waals surface area (Å²) in [5, 5.41) is 0. The van der Waals surface area contributed by atoms with Gasteiger partial charge >= 0.3 is 0 Å². The summed E-state index contributed by atoms with van der Waals surface area (Å²) in [6.07, 6.45) is 2.16. The summed E-state index contributed by atoms with van der Waals surface area (Å²) in [5.41, 5.74) is 1.73. The number of fused-ring (bicyclic) bond motifs is 1. The monoisotopic (exact) mass is 427 g/mol. The summed E-state index contributed by atoms with van der Waals surface area (Å²) in [6.45, 7) is 1.85. The van der Waals surface area contributed by atoms with Gasteiger partial charge in [-0.1, -0.05) is 46.3 Å². The molecule has 2 aromatic carbocycles. The minimum Gasteiger partial charge on any atom is -0.493 e. The lowest BCUT2D eigenvalue weighted by atomic mass is 9.87. The Labute approximate surface area is 167 Å². The van der Waals surface area contributed by atoms with E-state index in [-0.39, 0.29) is 23.5 Å². The van der Waals surface area contributed by atoms with Gasteiger partial charge in [0.05, 0.1) is 12.5 Å². The second kappa shape index (κ2) is 7.85. The van der Waals surface area contributed by atoms with Crippen LogP contribution >= 0.6 is 15.9 Å². The molecule has 4 nitrogen and oxygen atoms in total. The lowest BCUT2D eigenvalue weighted by Crippen LogP contribution is -2.43. The van der Waals surface area contributed by atoms with Crippen LogP contribution in [-0.2, 0) is 4.79 Å². The number of nitrogens with zero attached hydrogens (tertiary/aromatic N) is 1. The highest BCUT2D eigenvalue weighted by molar-refractivity contribution is 9.10. The van der Waals surface area contributed by atoms with Gasteiger partial charge in [-0.2, -0.15) is 0 Å². The van der Waals surface area contributed by atoms with Gasteiger partial charge in [0.1, 0.15) is 5.75 Å². The molecule has 0 bridgehead atoms. The maximum atomic E-state index is 13.1. The first-order chi connectivity index (χ1) is 13.1. The highest BCUT2D eigenvalue weighted by atomic mass is 79.9. The van der Waals surface area contributed by atoms with Gasteiger partial charge in [0.2, 0.25) is 5.91 Å². The van der Waals surface area contributed by atoms with Crippen LogP contribution in [0.25, 0.3) is 0 Å². The van der Waals surface area contributed by atoms with Crippen LogP contribution in [0.1, 0.15) is 41.1 Å². The van der Waals surface area contributed by atoms with Crippen molar-refractivity contribution >= 4 is 27.6 Å². The smallest absolute Gasteiger partial charge is 0.230 e. The van der Waals surface area contributed by atoms with Gasteiger partial charge in [-0.3, -0.25) is 9.59 Å². The van der Waals surface area contributed by atoms with Crippen LogP contribution in [0.15, 0.2) is 53.0 Å². The first-order valence-corrected chi connectivity index (χ1v) is 10.2. The molecule has 2 aromatic rings. The molecule has 0 N–H and O–H groups in total. The van der Waals surface area contributed by atoms with E-state index in [0.717, 1.165) is 34.2 Å². The number of likely N-dealkylation sites (tertiary alicyclic amines) is 1. The fourth-order valence-corrected chi connectivity index (χ4v) is 4.42. The van der Waals surface area contributed by atoms with Gasteiger partial charge in [0, 0.05) is 34.6 Å². The molecule has 1 saturated heterocycles. The molecule has 1 amide bonds. The molecule has 4 rings (SSSR count). The lowest BCUT2D eigenvalue weighted by molar-refractivity contribution is -0.134. The molecule has 27 heavy (non-hydrogen) atoms. The van der Waals surface area contributed by atoms with E-state index in [1.165, 1.54) is 0 Å². The second-order valence-electron chi connectivity index (χ2n) is 7.20. The molecule has 0 aromatic heterocycles. The number of amides is 1. The van der Waals surface area contributed by atoms with E-state index in [9.17, 15) is 9.59 Å². The van der Waals surface area contributed by atoms with Crippen LogP contribution in [0.2, 0.25) is 0 Å². The summed E-state index contributed by atoms with van der Waals surface area (Å²) < 4.78 is 6.66. The van der Waals surface area contributed by atoms with Crippen molar-refractivity contribution in [3.8, 4) is 5.75 Å². The van der Waals surface area contributed by atoms with E-state index >= 15 is 0 Å². The summed E-state index contributed by atoms with van der Waals surface area (Å²) in [5.74, 6) is 1.00. The highest BCUT2D eigenvalue weighted by Crippen LogP contribution is 2.37. The molecule has 2 aliphatic rings. The molecule has 1 fully saturated rings. The minimum atomic E-state index is -0.160. The quantitative estimate of drug-likeness (QED) is 0.680. The lowest BCUT2D eigenvalue weighted by Gasteiger charge is -2.35. The van der Waals surface area contributed by atoms with Crippen molar-refractivity contribution in [1.29, 1.82) is 0 Å². The Morgan fingerprint density at radius 2 is 1.74 bits per heavy atom. The van der Waals surface area contributed by atoms with E-state index in [0.29, 0.717) is 26.1 Å². The Hall–Kier alpha value is -2.14. The summed E-state index contributed by atoms with van der Waals surface area (Å²) in [7, 11) is 0. The molecule has 1 unspecified atom stereocenters. The van der Waals surface area contributed by atoms with Crippen molar-refractivity contribution in [2.45, 2.75) is 25.2 Å². The molecular formula is C22H22BrNO3. The predicted octanol–water partition coefficient (Wildman–Crippen LogP) is 4.44. The van der Waals surface area contributed by atoms with Crippen molar-refractivity contribution in [1.82, 2.24) is 4.90 Å². The summed E-state index contributed by atoms with van der Waals surface area (Å²) >= 11 is 3.49. The standard InChI is InChI=1S/C22H22BrNO3/c23-17-6-7-20-19(14-17)18(10-13-27-20)22(26)24-11-8-16(9-12-24)21(25)15-4-2-1-3-5-15/h1-7,14,16,18H,8-13H2. The number of Topliss-reactive ketones (excluding diaryl/α,β-unsaturated/α-hetero) is 1. The molecule has 1 atom stereocenters. The molecule has 0 aliphatic carbocycles. The summed E-state index contributed by atoms with van der Waals surface area (Å²) in [6, 6.07) is 15.3. The van der Waals surface area contributed by atoms with Crippen molar-refractivity contribution in [3.05, 3.63) is 64.1 Å². The number of ether oxygens (including phenoxy) is 1. The number of halogens is 1. The zero-order valence-corrected chi connectivity index (χ0v) is 16.7. The van der Waals surface area contributed by atoms with Crippen LogP contribution in [0.4, 0.5) is 0 Å². The number of ketones is 1. The second-order valence-corrected chi connectivity index (χ2v) is 8.12. The Kier molecular flexibility index (Phi) is 5.30. The van der Waals surface area contributed by atoms with Gasteiger partial charge in [0.25, 0.3) is 0 Å². The van der Waals surface area contributed by atoms with Crippen LogP contribution in [0, 0.1) is 5.92 Å². The molecule has 0 saturated carbocycles. The largest absolute Gasteiger partial charge is 0.493 e. The van der Waals surface area contributed by atoms with Gasteiger partial charge in [-0.25, -0.2) is 0 Å². The number of piperidine rings is 1. The molecule has 2 aliphatic heterocycles. The minimum absolute atomic E-state index is 0.00701. The first kappa shape index (κ1) is 18.2. The Morgan fingerprint density at radius 3 is 2.48 bits per heavy atom. The third-order valence-corrected chi connectivity index (χ3v) is 6.04. The van der Waals surface area contributed by atoms with Crippen molar-refractivity contribution in [2.24, 2.45) is 5.92 Å². The zero-order chi connectivity index (χ0) is 18.8. The Bertz CT molecular complexity index is 844. The van der Waals surface area contributed by atoms with Crippen LogP contribution in [0.3, 0.4) is 0 Å². The maximum Gasteiger partial charge on any atom is 0.230 e. The number of rotatable bonds is 3. The molecule has 2 heterocycles. The van der Waals surface area contributed by atoms with Crippen LogP contribution in [0.5, 0.6) is 5.75 Å². The zero-order valence-electron chi connectivity index (χ0n) is 15.1.